The third-order valence-electron chi connectivity index (χ3n) is 17.7. The van der Waals surface area contributed by atoms with E-state index in [0.29, 0.717) is 26.1 Å². The molecule has 6 heteroatoms. The van der Waals surface area contributed by atoms with Crippen LogP contribution in [0.15, 0.2) is 0 Å². The number of hydrogen-bond donors (Lipinski definition) is 1. The van der Waals surface area contributed by atoms with E-state index in [1.54, 1.807) is 0 Å². The second-order valence-electron chi connectivity index (χ2n) is 24.8. The smallest absolute Gasteiger partial charge is 0.378 e. The Morgan fingerprint density at radius 3 is 0.895 bits per heavy atom. The van der Waals surface area contributed by atoms with Gasteiger partial charge in [-0.05, 0) is 32.1 Å². The van der Waals surface area contributed by atoms with Crippen LogP contribution in [-0.4, -0.2) is 54.0 Å². The maximum absolute atomic E-state index is 14.1. The van der Waals surface area contributed by atoms with Crippen molar-refractivity contribution in [1.29, 1.82) is 0 Å². The molecule has 1 N–H and O–H groups in total. The van der Waals surface area contributed by atoms with E-state index >= 15 is 0 Å². The summed E-state index contributed by atoms with van der Waals surface area (Å²) in [6.07, 6.45) is 71.5. The van der Waals surface area contributed by atoms with Gasteiger partial charge in [-0.15, -0.1) is 0 Å². The molecule has 1 saturated heterocycles. The first-order valence-electron chi connectivity index (χ1n) is 35.1. The van der Waals surface area contributed by atoms with Gasteiger partial charge in [0.15, 0.2) is 11.7 Å². The van der Waals surface area contributed by atoms with Crippen LogP contribution in [0, 0.1) is 0 Å². The van der Waals surface area contributed by atoms with Gasteiger partial charge in [-0.3, -0.25) is 4.79 Å². The molecule has 0 aromatic rings. The van der Waals surface area contributed by atoms with E-state index in [9.17, 15) is 14.7 Å². The molecule has 0 aliphatic carbocycles. The molecule has 1 aliphatic heterocycles. The number of aliphatic hydroxyl groups excluding tert-OH is 1. The fourth-order valence-electron chi connectivity index (χ4n) is 12.5. The van der Waals surface area contributed by atoms with Gasteiger partial charge in [0.05, 0.1) is 6.61 Å². The molecule has 1 unspecified atom stereocenters. The number of Topliss-reactive ketones (excluding diaryl/α,β-unsaturated/α-hetero) is 1. The second kappa shape index (κ2) is 55.9. The number of cyclic esters (lactones) is 1. The molecule has 0 amide bonds. The van der Waals surface area contributed by atoms with Gasteiger partial charge in [0.25, 0.3) is 5.78 Å². The molecule has 6 nitrogen and oxygen atoms in total. The molecule has 76 heavy (non-hydrogen) atoms. The molecule has 1 aliphatic rings. The first-order valence-corrected chi connectivity index (χ1v) is 35.1. The third-order valence-corrected chi connectivity index (χ3v) is 17.7. The molecule has 0 aromatic heterocycles. The zero-order valence-corrected chi connectivity index (χ0v) is 52.2. The van der Waals surface area contributed by atoms with Crippen molar-refractivity contribution >= 4 is 11.8 Å². The molecule has 0 saturated carbocycles. The molecule has 0 bridgehead atoms. The van der Waals surface area contributed by atoms with Crippen LogP contribution in [0.25, 0.3) is 0 Å². The second-order valence-corrected chi connectivity index (χ2v) is 24.8. The van der Waals surface area contributed by atoms with E-state index in [4.69, 9.17) is 14.2 Å². The number of esters is 1. The van der Waals surface area contributed by atoms with Gasteiger partial charge >= 0.3 is 5.97 Å². The summed E-state index contributed by atoms with van der Waals surface area (Å²) >= 11 is 0. The van der Waals surface area contributed by atoms with E-state index in [-0.39, 0.29) is 6.61 Å². The van der Waals surface area contributed by atoms with E-state index in [0.717, 1.165) is 64.2 Å². The zero-order chi connectivity index (χ0) is 55.0. The Kier molecular flexibility index (Phi) is 53.7. The number of rotatable bonds is 64. The Balaban J connectivity index is 2.99. The molecular weight excluding hydrogens is 937 g/mol. The molecule has 0 aromatic carbocycles. The number of carbonyl (C=O) groups excluding carboxylic acids is 2. The average Bonchev–Trinajstić information content (AvgIpc) is 3.70. The summed E-state index contributed by atoms with van der Waals surface area (Å²) in [5, 5.41) is 11.7. The number of ketones is 1. The molecule has 452 valence electrons. The number of aliphatic hydroxyl groups is 1. The maximum Gasteiger partial charge on any atom is 0.378 e. The summed E-state index contributed by atoms with van der Waals surface area (Å²) in [6.45, 7) is 9.80. The lowest BCUT2D eigenvalue weighted by molar-refractivity contribution is -0.242. The molecule has 0 radical (unpaired) electrons. The Morgan fingerprint density at radius 2 is 0.605 bits per heavy atom. The van der Waals surface area contributed by atoms with Crippen LogP contribution in [0.1, 0.15) is 400 Å². The van der Waals surface area contributed by atoms with Crippen LogP contribution in [0.4, 0.5) is 0 Å². The average molecular weight is 1070 g/mol. The molecule has 1 heterocycles. The molecular formula is C70H136O6. The number of carbonyl (C=O) groups is 2. The zero-order valence-electron chi connectivity index (χ0n) is 52.2. The molecule has 1 rings (SSSR count). The van der Waals surface area contributed by atoms with Crippen LogP contribution in [-0.2, 0) is 23.8 Å². The normalized spacial score (nSPS) is 16.6. The summed E-state index contributed by atoms with van der Waals surface area (Å²) < 4.78 is 20.2. The van der Waals surface area contributed by atoms with Gasteiger partial charge in [-0.2, -0.15) is 0 Å². The summed E-state index contributed by atoms with van der Waals surface area (Å²) in [6, 6.07) is 0. The van der Waals surface area contributed by atoms with Crippen LogP contribution in [0.3, 0.4) is 0 Å². The van der Waals surface area contributed by atoms with Gasteiger partial charge in [0, 0.05) is 13.2 Å². The van der Waals surface area contributed by atoms with Gasteiger partial charge in [-0.25, -0.2) is 4.79 Å². The quantitative estimate of drug-likeness (QED) is 0.0371. The molecule has 0 spiro atoms. The Bertz CT molecular complexity index is 1210. The number of unbranched alkanes of at least 4 members (excludes halogenated alkanes) is 52. The summed E-state index contributed by atoms with van der Waals surface area (Å²) in [5.74, 6) is -1.37. The minimum absolute atomic E-state index is 0.276. The van der Waals surface area contributed by atoms with E-state index in [2.05, 4.69) is 27.7 Å². The Morgan fingerprint density at radius 1 is 0.355 bits per heavy atom. The summed E-state index contributed by atoms with van der Waals surface area (Å²) in [5.41, 5.74) is -2.51. The first-order chi connectivity index (χ1) is 37.5. The van der Waals surface area contributed by atoms with Gasteiger partial charge in [0.2, 0.25) is 0 Å². The largest absolute Gasteiger partial charge is 0.447 e. The van der Waals surface area contributed by atoms with Crippen molar-refractivity contribution in [3.8, 4) is 0 Å². The van der Waals surface area contributed by atoms with Crippen LogP contribution in [0.2, 0.25) is 0 Å². The van der Waals surface area contributed by atoms with E-state index < -0.39 is 29.1 Å². The highest BCUT2D eigenvalue weighted by atomic mass is 16.6. The van der Waals surface area contributed by atoms with Gasteiger partial charge < -0.3 is 19.3 Å². The predicted octanol–water partition coefficient (Wildman–Crippen LogP) is 22.7. The lowest BCUT2D eigenvalue weighted by Gasteiger charge is -2.48. The predicted molar refractivity (Wildman–Crippen MR) is 330 cm³/mol. The Labute approximate surface area is 475 Å². The lowest BCUT2D eigenvalue weighted by Crippen LogP contribution is -2.64. The van der Waals surface area contributed by atoms with Crippen molar-refractivity contribution in [3.05, 3.63) is 0 Å². The van der Waals surface area contributed by atoms with Crippen LogP contribution >= 0.6 is 0 Å². The lowest BCUT2D eigenvalue weighted by atomic mass is 9.72. The van der Waals surface area contributed by atoms with Crippen molar-refractivity contribution in [2.75, 3.05) is 19.8 Å². The van der Waals surface area contributed by atoms with Crippen molar-refractivity contribution in [1.82, 2.24) is 0 Å². The van der Waals surface area contributed by atoms with Crippen molar-refractivity contribution < 1.29 is 28.9 Å². The maximum atomic E-state index is 14.1. The number of hydrogen-bond acceptors (Lipinski definition) is 6. The van der Waals surface area contributed by atoms with Crippen molar-refractivity contribution in [2.45, 2.75) is 417 Å². The van der Waals surface area contributed by atoms with Crippen molar-refractivity contribution in [2.24, 2.45) is 0 Å². The standard InChI is InChI=1S/C70H136O6/c1-5-9-13-17-21-25-29-33-37-41-45-49-53-57-61-69(65-71,75-64-60-56-52-48-44-40-36-32-28-24-20-16-12-8-4)70(62-58-54-50-46-42-38-34-30-26-22-18-14-10-6-2)67(66(72)68(73)76-70)74-63-59-55-51-47-43-39-35-31-27-23-19-15-11-7-3/h67,71H,5-65H2,1-4H3/t67?,69-,70-/m0/s1. The molecule has 1 fully saturated rings. The molecule has 3 atom stereocenters. The minimum atomic E-state index is -1.32. The first kappa shape index (κ1) is 73.0. The number of ether oxygens (including phenoxy) is 3. The van der Waals surface area contributed by atoms with E-state index in [1.807, 2.05) is 0 Å². The van der Waals surface area contributed by atoms with Crippen molar-refractivity contribution in [3.63, 3.8) is 0 Å². The van der Waals surface area contributed by atoms with E-state index in [1.165, 1.54) is 295 Å². The van der Waals surface area contributed by atoms with Gasteiger partial charge in [-0.1, -0.05) is 368 Å². The summed E-state index contributed by atoms with van der Waals surface area (Å²) in [4.78, 5) is 27.8. The summed E-state index contributed by atoms with van der Waals surface area (Å²) in [7, 11) is 0. The Hall–Kier alpha value is -0.980. The fraction of sp³-hybridized carbons (Fsp3) is 0.971. The highest BCUT2D eigenvalue weighted by Gasteiger charge is 2.67. The third kappa shape index (κ3) is 38.6. The monoisotopic (exact) mass is 1070 g/mol. The van der Waals surface area contributed by atoms with Crippen LogP contribution < -0.4 is 0 Å². The highest BCUT2D eigenvalue weighted by Crippen LogP contribution is 2.47. The fourth-order valence-corrected chi connectivity index (χ4v) is 12.5. The van der Waals surface area contributed by atoms with Crippen LogP contribution in [0.5, 0.6) is 0 Å². The minimum Gasteiger partial charge on any atom is -0.447 e. The topological polar surface area (TPSA) is 82.1 Å². The SMILES string of the molecule is CCCCCCCCCCCCCCCCOC1C(=O)C(=O)O[C@]1(CCCCCCCCCCCCCCCC)[C@@](CO)(CCCCCCCCCCCCCCCC)OCCCCCCCCCCCCCCCC. The van der Waals surface area contributed by atoms with Gasteiger partial charge in [0.1, 0.15) is 5.60 Å². The highest BCUT2D eigenvalue weighted by molar-refractivity contribution is 6.37.